The van der Waals surface area contributed by atoms with Gasteiger partial charge in [-0.2, -0.15) is 27.8 Å². The third-order valence-corrected chi connectivity index (χ3v) is 3.75. The number of rotatable bonds is 4. The molecule has 2 aromatic rings. The van der Waals surface area contributed by atoms with Crippen LogP contribution >= 0.6 is 0 Å². The van der Waals surface area contributed by atoms with Crippen LogP contribution in [0.1, 0.15) is 12.6 Å². The normalized spacial score (nSPS) is 20.1. The molecule has 3 heterocycles. The number of alkyl halides is 3. The first-order valence-electron chi connectivity index (χ1n) is 7.29. The van der Waals surface area contributed by atoms with Gasteiger partial charge in [0.2, 0.25) is 0 Å². The molecule has 7 nitrogen and oxygen atoms in total. The van der Waals surface area contributed by atoms with Gasteiger partial charge in [-0.1, -0.05) is 0 Å². The predicted molar refractivity (Wildman–Crippen MR) is 76.1 cm³/mol. The zero-order valence-corrected chi connectivity index (χ0v) is 12.5. The van der Waals surface area contributed by atoms with E-state index in [9.17, 15) is 13.2 Å². The summed E-state index contributed by atoms with van der Waals surface area (Å²) in [6.07, 6.45) is -3.35. The topological polar surface area (TPSA) is 67.6 Å². The van der Waals surface area contributed by atoms with Crippen LogP contribution in [-0.2, 0) is 10.9 Å². The number of morpholine rings is 1. The van der Waals surface area contributed by atoms with Crippen LogP contribution in [0.2, 0.25) is 0 Å². The quantitative estimate of drug-likeness (QED) is 0.911. The summed E-state index contributed by atoms with van der Waals surface area (Å²) in [4.78, 5) is 9.43. The summed E-state index contributed by atoms with van der Waals surface area (Å²) < 4.78 is 45.3. The van der Waals surface area contributed by atoms with E-state index in [4.69, 9.17) is 4.74 Å². The van der Waals surface area contributed by atoms with Gasteiger partial charge in [-0.25, -0.2) is 4.98 Å². The Morgan fingerprint density at radius 1 is 1.43 bits per heavy atom. The van der Waals surface area contributed by atoms with E-state index >= 15 is 0 Å². The Morgan fingerprint density at radius 3 is 3.00 bits per heavy atom. The van der Waals surface area contributed by atoms with Crippen LogP contribution in [0.4, 0.5) is 19.0 Å². The minimum absolute atomic E-state index is 0.0814. The fraction of sp³-hybridized carbons (Fsp3) is 0.615. The van der Waals surface area contributed by atoms with Gasteiger partial charge in [0.15, 0.2) is 5.69 Å². The van der Waals surface area contributed by atoms with Crippen molar-refractivity contribution in [1.82, 2.24) is 24.5 Å². The van der Waals surface area contributed by atoms with E-state index in [0.29, 0.717) is 32.3 Å². The second kappa shape index (κ2) is 6.28. The van der Waals surface area contributed by atoms with Crippen LogP contribution in [0, 0.1) is 0 Å². The molecule has 2 aromatic heterocycles. The Labute approximate surface area is 130 Å². The van der Waals surface area contributed by atoms with Gasteiger partial charge in [0.1, 0.15) is 12.1 Å². The zero-order valence-electron chi connectivity index (χ0n) is 12.5. The van der Waals surface area contributed by atoms with Crippen molar-refractivity contribution in [2.45, 2.75) is 19.1 Å². The van der Waals surface area contributed by atoms with Gasteiger partial charge in [-0.15, -0.1) is 0 Å². The summed E-state index contributed by atoms with van der Waals surface area (Å²) in [5.41, 5.74) is -0.986. The highest BCUT2D eigenvalue weighted by atomic mass is 19.4. The predicted octanol–water partition coefficient (Wildman–Crippen LogP) is 1.28. The summed E-state index contributed by atoms with van der Waals surface area (Å²) in [6, 6.07) is 1.24. The van der Waals surface area contributed by atoms with E-state index in [0.717, 1.165) is 12.6 Å². The minimum Gasteiger partial charge on any atom is -0.379 e. The molecule has 0 spiro atoms. The molecule has 0 bridgehead atoms. The molecule has 1 fully saturated rings. The van der Waals surface area contributed by atoms with Crippen molar-refractivity contribution in [2.24, 2.45) is 0 Å². The van der Waals surface area contributed by atoms with Crippen molar-refractivity contribution in [3.63, 3.8) is 0 Å². The number of aromatic nitrogens is 4. The van der Waals surface area contributed by atoms with Crippen molar-refractivity contribution in [3.8, 4) is 0 Å². The van der Waals surface area contributed by atoms with Gasteiger partial charge in [0.05, 0.1) is 13.2 Å². The molecule has 3 rings (SSSR count). The van der Waals surface area contributed by atoms with E-state index in [2.05, 4.69) is 32.2 Å². The maximum absolute atomic E-state index is 12.9. The van der Waals surface area contributed by atoms with Crippen LogP contribution in [0.5, 0.6) is 0 Å². The number of nitrogens with zero attached hydrogens (tertiary/aromatic N) is 5. The first-order chi connectivity index (χ1) is 10.9. The molecular formula is C13H17F3N6O. The molecular weight excluding hydrogens is 313 g/mol. The Hall–Kier alpha value is -1.94. The highest BCUT2D eigenvalue weighted by Crippen LogP contribution is 2.29. The van der Waals surface area contributed by atoms with Gasteiger partial charge in [-0.3, -0.25) is 4.90 Å². The van der Waals surface area contributed by atoms with Crippen LogP contribution < -0.4 is 5.32 Å². The maximum Gasteiger partial charge on any atom is 0.433 e. The Kier molecular flexibility index (Phi) is 4.35. The third-order valence-electron chi connectivity index (χ3n) is 3.75. The molecule has 126 valence electrons. The largest absolute Gasteiger partial charge is 0.433 e. The number of hydrogen-bond donors (Lipinski definition) is 1. The van der Waals surface area contributed by atoms with Gasteiger partial charge in [0.25, 0.3) is 5.78 Å². The smallest absolute Gasteiger partial charge is 0.379 e. The molecule has 1 aliphatic heterocycles. The Balaban J connectivity index is 1.73. The SMILES string of the molecule is CC1COCCN1CCNc1cc(C(F)(F)F)nc2ncnn12. The monoisotopic (exact) mass is 330 g/mol. The first kappa shape index (κ1) is 15.9. The van der Waals surface area contributed by atoms with Gasteiger partial charge < -0.3 is 10.1 Å². The molecule has 0 radical (unpaired) electrons. The highest BCUT2D eigenvalue weighted by molar-refractivity contribution is 5.45. The van der Waals surface area contributed by atoms with E-state index in [1.165, 1.54) is 10.8 Å². The summed E-state index contributed by atoms with van der Waals surface area (Å²) in [5, 5.41) is 6.89. The molecule has 1 saturated heterocycles. The number of nitrogens with one attached hydrogen (secondary N) is 1. The fourth-order valence-electron chi connectivity index (χ4n) is 2.50. The standard InChI is InChI=1S/C13H17F3N6O/c1-9-7-23-5-4-21(9)3-2-17-11-6-10(13(14,15)16)20-12-18-8-19-22(11)12/h6,8-9,17H,2-5,7H2,1H3. The summed E-state index contributed by atoms with van der Waals surface area (Å²) in [5.74, 6) is 0.141. The molecule has 23 heavy (non-hydrogen) atoms. The van der Waals surface area contributed by atoms with Crippen molar-refractivity contribution < 1.29 is 17.9 Å². The van der Waals surface area contributed by atoms with Gasteiger partial charge in [0, 0.05) is 31.7 Å². The lowest BCUT2D eigenvalue weighted by atomic mass is 10.2. The van der Waals surface area contributed by atoms with Crippen molar-refractivity contribution >= 4 is 11.6 Å². The number of fused-ring (bicyclic) bond motifs is 1. The van der Waals surface area contributed by atoms with E-state index in [1.54, 1.807) is 0 Å². The van der Waals surface area contributed by atoms with Crippen molar-refractivity contribution in [1.29, 1.82) is 0 Å². The average Bonchev–Trinajstić information content (AvgIpc) is 2.97. The molecule has 0 saturated carbocycles. The Morgan fingerprint density at radius 2 is 2.26 bits per heavy atom. The average molecular weight is 330 g/mol. The Bertz CT molecular complexity index is 673. The maximum atomic E-state index is 12.9. The van der Waals surface area contributed by atoms with Crippen molar-refractivity contribution in [2.75, 3.05) is 38.2 Å². The summed E-state index contributed by atoms with van der Waals surface area (Å²) in [7, 11) is 0. The minimum atomic E-state index is -4.52. The molecule has 10 heteroatoms. The number of halogens is 3. The molecule has 0 aliphatic carbocycles. The molecule has 1 aliphatic rings. The van der Waals surface area contributed by atoms with Crippen LogP contribution in [0.25, 0.3) is 5.78 Å². The van der Waals surface area contributed by atoms with E-state index in [-0.39, 0.29) is 11.6 Å². The summed E-state index contributed by atoms with van der Waals surface area (Å²) >= 11 is 0. The third kappa shape index (κ3) is 3.53. The number of ether oxygens (including phenoxy) is 1. The van der Waals surface area contributed by atoms with Crippen LogP contribution in [0.3, 0.4) is 0 Å². The van der Waals surface area contributed by atoms with Crippen molar-refractivity contribution in [3.05, 3.63) is 18.1 Å². The van der Waals surface area contributed by atoms with Crippen LogP contribution in [0.15, 0.2) is 12.4 Å². The molecule has 1 atom stereocenters. The lowest BCUT2D eigenvalue weighted by Crippen LogP contribution is -2.45. The zero-order chi connectivity index (χ0) is 16.4. The molecule has 0 amide bonds. The second-order valence-electron chi connectivity index (χ2n) is 5.38. The summed E-state index contributed by atoms with van der Waals surface area (Å²) in [6.45, 7) is 5.39. The second-order valence-corrected chi connectivity index (χ2v) is 5.38. The molecule has 1 unspecified atom stereocenters. The lowest BCUT2D eigenvalue weighted by Gasteiger charge is -2.33. The number of hydrogen-bond acceptors (Lipinski definition) is 6. The fourth-order valence-corrected chi connectivity index (χ4v) is 2.50. The van der Waals surface area contributed by atoms with Crippen LogP contribution in [-0.4, -0.2) is 63.4 Å². The van der Waals surface area contributed by atoms with E-state index in [1.807, 2.05) is 0 Å². The number of anilines is 1. The molecule has 0 aromatic carbocycles. The van der Waals surface area contributed by atoms with Gasteiger partial charge >= 0.3 is 6.18 Å². The van der Waals surface area contributed by atoms with Gasteiger partial charge in [-0.05, 0) is 6.92 Å². The van der Waals surface area contributed by atoms with E-state index < -0.39 is 11.9 Å². The lowest BCUT2D eigenvalue weighted by molar-refractivity contribution is -0.141. The first-order valence-corrected chi connectivity index (χ1v) is 7.29. The highest BCUT2D eigenvalue weighted by Gasteiger charge is 2.34. The molecule has 1 N–H and O–H groups in total.